The van der Waals surface area contributed by atoms with Crippen molar-refractivity contribution < 1.29 is 42.9 Å². The number of nitrogens with zero attached hydrogens (tertiary/aromatic N) is 2. The quantitative estimate of drug-likeness (QED) is 0.246. The van der Waals surface area contributed by atoms with Crippen LogP contribution < -0.4 is 0 Å². The Labute approximate surface area is 173 Å². The van der Waals surface area contributed by atoms with Crippen LogP contribution in [-0.4, -0.2) is 116 Å². The van der Waals surface area contributed by atoms with Gasteiger partial charge in [-0.05, 0) is 19.4 Å². The highest BCUT2D eigenvalue weighted by Gasteiger charge is 2.37. The Hall–Kier alpha value is -0.390. The molecule has 0 aromatic heterocycles. The molecule has 0 spiro atoms. The van der Waals surface area contributed by atoms with E-state index in [1.165, 1.54) is 0 Å². The highest BCUT2D eigenvalue weighted by atomic mass is 32.3. The van der Waals surface area contributed by atoms with Gasteiger partial charge in [-0.15, -0.1) is 3.63 Å². The Morgan fingerprint density at radius 1 is 0.931 bits per heavy atom. The van der Waals surface area contributed by atoms with E-state index >= 15 is 0 Å². The molecule has 0 bridgehead atoms. The maximum Gasteiger partial charge on any atom is 0.281 e. The van der Waals surface area contributed by atoms with E-state index in [2.05, 4.69) is 3.63 Å². The molecule has 0 saturated carbocycles. The van der Waals surface area contributed by atoms with E-state index in [9.17, 15) is 29.8 Å². The molecule has 0 aliphatic carbocycles. The fourth-order valence-electron chi connectivity index (χ4n) is 3.58. The first-order valence-corrected chi connectivity index (χ1v) is 13.4. The molecule has 2 saturated heterocycles. The second kappa shape index (κ2) is 11.3. The average Bonchev–Trinajstić information content (AvgIpc) is 2.64. The van der Waals surface area contributed by atoms with Crippen LogP contribution in [-0.2, 0) is 44.3 Å². The highest BCUT2D eigenvalue weighted by molar-refractivity contribution is 7.93. The summed E-state index contributed by atoms with van der Waals surface area (Å²) in [7, 11) is -12.5. The largest absolute Gasteiger partial charge is 0.379 e. The minimum atomic E-state index is -4.50. The van der Waals surface area contributed by atoms with Crippen molar-refractivity contribution in [2.45, 2.75) is 24.1 Å². The maximum absolute atomic E-state index is 12.2. The van der Waals surface area contributed by atoms with Crippen molar-refractivity contribution >= 4 is 31.2 Å². The fourth-order valence-corrected chi connectivity index (χ4v) is 6.26. The first-order chi connectivity index (χ1) is 13.6. The Bertz CT molecular complexity index is 778. The van der Waals surface area contributed by atoms with Gasteiger partial charge < -0.3 is 9.47 Å². The lowest BCUT2D eigenvalue weighted by molar-refractivity contribution is 0.0111. The minimum absolute atomic E-state index is 0.0948. The van der Waals surface area contributed by atoms with Crippen LogP contribution >= 0.6 is 0 Å². The summed E-state index contributed by atoms with van der Waals surface area (Å²) in [6, 6.07) is -0.835. The standard InChI is InChI=1S/C14H28N2O10S3/c17-27(18)26-28(19,20)12-2-13(16-6-10-25-11-7-16)14(29(21,22)23)1-3-15-4-8-24-9-5-15/h13-14,27H,1-12H2,(H,21,22,23). The van der Waals surface area contributed by atoms with Crippen molar-refractivity contribution in [2.75, 3.05) is 64.9 Å². The molecule has 0 amide bonds. The molecule has 2 aliphatic rings. The van der Waals surface area contributed by atoms with Crippen molar-refractivity contribution in [3.05, 3.63) is 0 Å². The zero-order valence-corrected chi connectivity index (χ0v) is 18.4. The van der Waals surface area contributed by atoms with Crippen LogP contribution in [0.3, 0.4) is 0 Å². The molecule has 2 heterocycles. The molecule has 2 fully saturated rings. The SMILES string of the molecule is O=[SH](=O)OS(=O)(=O)CCC(C(CCN1CCOCC1)S(=O)(=O)O)N1CCOCC1. The van der Waals surface area contributed by atoms with Gasteiger partial charge in [-0.1, -0.05) is 0 Å². The van der Waals surface area contributed by atoms with Crippen molar-refractivity contribution in [1.82, 2.24) is 9.80 Å². The number of rotatable bonds is 11. The second-order valence-corrected chi connectivity index (χ2v) is 11.1. The van der Waals surface area contributed by atoms with Crippen molar-refractivity contribution in [2.24, 2.45) is 0 Å². The molecule has 29 heavy (non-hydrogen) atoms. The Balaban J connectivity index is 2.16. The lowest BCUT2D eigenvalue weighted by Crippen LogP contribution is -2.53. The summed E-state index contributed by atoms with van der Waals surface area (Å²) in [4.78, 5) is 3.77. The molecule has 1 N–H and O–H groups in total. The summed E-state index contributed by atoms with van der Waals surface area (Å²) in [6.45, 7) is 4.15. The molecule has 12 nitrogen and oxygen atoms in total. The monoisotopic (exact) mass is 480 g/mol. The van der Waals surface area contributed by atoms with E-state index < -0.39 is 48.3 Å². The van der Waals surface area contributed by atoms with Gasteiger partial charge in [0.1, 0.15) is 5.25 Å². The van der Waals surface area contributed by atoms with Crippen molar-refractivity contribution in [3.63, 3.8) is 0 Å². The minimum Gasteiger partial charge on any atom is -0.379 e. The Morgan fingerprint density at radius 2 is 1.48 bits per heavy atom. The Morgan fingerprint density at radius 3 is 2.00 bits per heavy atom. The Kier molecular flexibility index (Phi) is 9.69. The van der Waals surface area contributed by atoms with Crippen LogP contribution in [0.5, 0.6) is 0 Å². The topological polar surface area (TPSA) is 157 Å². The van der Waals surface area contributed by atoms with Gasteiger partial charge in [0.05, 0.1) is 32.2 Å². The van der Waals surface area contributed by atoms with Crippen LogP contribution in [0.1, 0.15) is 12.8 Å². The number of thiol groups is 1. The zero-order chi connectivity index (χ0) is 21.5. The van der Waals surface area contributed by atoms with Crippen LogP contribution in [0.4, 0.5) is 0 Å². The smallest absolute Gasteiger partial charge is 0.281 e. The third-order valence-corrected chi connectivity index (χ3v) is 8.44. The molecule has 0 radical (unpaired) electrons. The van der Waals surface area contributed by atoms with E-state index in [4.69, 9.17) is 9.47 Å². The molecule has 0 aromatic rings. The number of ether oxygens (including phenoxy) is 2. The van der Waals surface area contributed by atoms with E-state index in [1.807, 2.05) is 4.90 Å². The zero-order valence-electron chi connectivity index (χ0n) is 15.9. The van der Waals surface area contributed by atoms with Gasteiger partial charge in [-0.3, -0.25) is 14.4 Å². The van der Waals surface area contributed by atoms with E-state index in [-0.39, 0.29) is 12.8 Å². The average molecular weight is 481 g/mol. The number of morpholine rings is 2. The van der Waals surface area contributed by atoms with Crippen LogP contribution in [0, 0.1) is 0 Å². The van der Waals surface area contributed by atoms with Gasteiger partial charge in [0.2, 0.25) is 0 Å². The first-order valence-electron chi connectivity index (χ1n) is 9.23. The van der Waals surface area contributed by atoms with Crippen LogP contribution in [0.25, 0.3) is 0 Å². The van der Waals surface area contributed by atoms with Gasteiger partial charge in [-0.2, -0.15) is 16.8 Å². The molecule has 2 rings (SSSR count). The molecule has 172 valence electrons. The van der Waals surface area contributed by atoms with Gasteiger partial charge in [0.25, 0.3) is 31.2 Å². The van der Waals surface area contributed by atoms with Gasteiger partial charge in [0.15, 0.2) is 0 Å². The van der Waals surface area contributed by atoms with Crippen LogP contribution in [0.15, 0.2) is 0 Å². The summed E-state index contributed by atoms with van der Waals surface area (Å²) in [5.74, 6) is -0.693. The molecular formula is C14H28N2O10S3. The lowest BCUT2D eigenvalue weighted by Gasteiger charge is -2.38. The van der Waals surface area contributed by atoms with Crippen molar-refractivity contribution in [1.29, 1.82) is 0 Å². The summed E-state index contributed by atoms with van der Waals surface area (Å²) in [5, 5.41) is -1.24. The van der Waals surface area contributed by atoms with Crippen molar-refractivity contribution in [3.8, 4) is 0 Å². The molecule has 2 unspecified atom stereocenters. The second-order valence-electron chi connectivity index (χ2n) is 6.86. The predicted octanol–water partition coefficient (Wildman–Crippen LogP) is -2.07. The van der Waals surface area contributed by atoms with Gasteiger partial charge in [0, 0.05) is 32.2 Å². The summed E-state index contributed by atoms with van der Waals surface area (Å²) >= 11 is 0. The lowest BCUT2D eigenvalue weighted by atomic mass is 10.1. The maximum atomic E-state index is 12.2. The van der Waals surface area contributed by atoms with Gasteiger partial charge in [-0.25, -0.2) is 8.42 Å². The summed E-state index contributed by atoms with van der Waals surface area (Å²) in [6.07, 6.45) is -0.114. The third kappa shape index (κ3) is 8.70. The molecule has 15 heteroatoms. The normalized spacial score (nSPS) is 22.6. The first kappa shape index (κ1) is 24.9. The highest BCUT2D eigenvalue weighted by Crippen LogP contribution is 2.22. The summed E-state index contributed by atoms with van der Waals surface area (Å²) in [5.41, 5.74) is 0. The third-order valence-electron chi connectivity index (χ3n) is 5.00. The molecule has 2 atom stereocenters. The van der Waals surface area contributed by atoms with Crippen LogP contribution in [0.2, 0.25) is 0 Å². The van der Waals surface area contributed by atoms with Gasteiger partial charge >= 0.3 is 0 Å². The number of hydrogen-bond donors (Lipinski definition) is 2. The molecular weight excluding hydrogens is 452 g/mol. The molecule has 0 aromatic carbocycles. The molecule has 2 aliphatic heterocycles. The predicted molar refractivity (Wildman–Crippen MR) is 103 cm³/mol. The number of hydrogen-bond acceptors (Lipinski definition) is 11. The summed E-state index contributed by atoms with van der Waals surface area (Å²) < 4.78 is 93.5. The fraction of sp³-hybridized carbons (Fsp3) is 1.00. The van der Waals surface area contributed by atoms with E-state index in [0.29, 0.717) is 59.2 Å². The van der Waals surface area contributed by atoms with E-state index in [1.54, 1.807) is 4.90 Å². The van der Waals surface area contributed by atoms with E-state index in [0.717, 1.165) is 0 Å².